The Labute approximate surface area is 94.5 Å². The molecule has 86 valence electrons. The summed E-state index contributed by atoms with van der Waals surface area (Å²) in [5.41, 5.74) is 1.47. The van der Waals surface area contributed by atoms with Gasteiger partial charge in [0.25, 0.3) is 0 Å². The predicted octanol–water partition coefficient (Wildman–Crippen LogP) is 4.26. The van der Waals surface area contributed by atoms with E-state index in [1.807, 2.05) is 20.6 Å². The van der Waals surface area contributed by atoms with Gasteiger partial charge < -0.3 is 4.79 Å². The fourth-order valence-corrected chi connectivity index (χ4v) is 1.22. The minimum Gasteiger partial charge on any atom is -0.307 e. The second kappa shape index (κ2) is 15.4. The molecule has 15 heavy (non-hydrogen) atoms. The number of carbonyl (C=O) groups excluding carboxylic acids is 1. The highest BCUT2D eigenvalue weighted by atomic mass is 16.1. The quantitative estimate of drug-likeness (QED) is 0.676. The van der Waals surface area contributed by atoms with E-state index in [1.54, 1.807) is 0 Å². The molecule has 0 aromatic heterocycles. The van der Waals surface area contributed by atoms with Gasteiger partial charge in [-0.15, -0.1) is 0 Å². The summed E-state index contributed by atoms with van der Waals surface area (Å²) in [6.45, 7) is 8.24. The standard InChI is InChI=1S/C11H16.C2H6.CH2O/c1-2-3-5-8-11-9-6-4-7-10-11;2*1-2/h4,6-7,9-10H,2-3,5,8H2,1H3;1-2H3;1H2. The minimum absolute atomic E-state index is 1.24. The molecule has 1 aromatic carbocycles. The molecule has 0 saturated heterocycles. The highest BCUT2D eigenvalue weighted by molar-refractivity contribution is 5.14. The van der Waals surface area contributed by atoms with E-state index in [9.17, 15) is 0 Å². The number of rotatable bonds is 4. The zero-order chi connectivity index (χ0) is 11.9. The van der Waals surface area contributed by atoms with Crippen molar-refractivity contribution in [1.29, 1.82) is 0 Å². The van der Waals surface area contributed by atoms with Gasteiger partial charge in [0.2, 0.25) is 0 Å². The van der Waals surface area contributed by atoms with Crippen molar-refractivity contribution in [3.8, 4) is 0 Å². The number of benzene rings is 1. The molecule has 0 spiro atoms. The van der Waals surface area contributed by atoms with Crippen molar-refractivity contribution in [3.05, 3.63) is 35.9 Å². The lowest BCUT2D eigenvalue weighted by molar-refractivity contribution is -0.0979. The van der Waals surface area contributed by atoms with E-state index in [2.05, 4.69) is 37.3 Å². The topological polar surface area (TPSA) is 17.1 Å². The van der Waals surface area contributed by atoms with Gasteiger partial charge in [-0.2, -0.15) is 0 Å². The largest absolute Gasteiger partial charge is 0.307 e. The molecule has 0 fully saturated rings. The van der Waals surface area contributed by atoms with Gasteiger partial charge in [-0.1, -0.05) is 63.9 Å². The smallest absolute Gasteiger partial charge is 0.106 e. The molecule has 0 aliphatic rings. The maximum Gasteiger partial charge on any atom is 0.106 e. The van der Waals surface area contributed by atoms with Crippen molar-refractivity contribution in [2.45, 2.75) is 46.5 Å². The van der Waals surface area contributed by atoms with Crippen LogP contribution < -0.4 is 0 Å². The summed E-state index contributed by atoms with van der Waals surface area (Å²) in [6.07, 6.45) is 5.25. The number of hydrogen-bond acceptors (Lipinski definition) is 1. The molecule has 0 aliphatic heterocycles. The lowest BCUT2D eigenvalue weighted by Gasteiger charge is -1.98. The second-order valence-corrected chi connectivity index (χ2v) is 2.94. The van der Waals surface area contributed by atoms with E-state index in [0.29, 0.717) is 0 Å². The van der Waals surface area contributed by atoms with Gasteiger partial charge in [0, 0.05) is 0 Å². The lowest BCUT2D eigenvalue weighted by atomic mass is 10.1. The fourth-order valence-electron chi connectivity index (χ4n) is 1.22. The highest BCUT2D eigenvalue weighted by Crippen LogP contribution is 2.05. The zero-order valence-electron chi connectivity index (χ0n) is 10.3. The van der Waals surface area contributed by atoms with Gasteiger partial charge in [0.1, 0.15) is 6.79 Å². The number of hydrogen-bond donors (Lipinski definition) is 0. The van der Waals surface area contributed by atoms with Gasteiger partial charge in [-0.05, 0) is 18.4 Å². The first-order valence-electron chi connectivity index (χ1n) is 5.76. The molecule has 0 N–H and O–H groups in total. The molecule has 1 aromatic rings. The minimum atomic E-state index is 1.24. The van der Waals surface area contributed by atoms with Gasteiger partial charge in [-0.3, -0.25) is 0 Å². The van der Waals surface area contributed by atoms with E-state index in [-0.39, 0.29) is 0 Å². The van der Waals surface area contributed by atoms with Crippen molar-refractivity contribution in [2.75, 3.05) is 0 Å². The summed E-state index contributed by atoms with van der Waals surface area (Å²) in [6, 6.07) is 10.7. The Kier molecular flexibility index (Phi) is 16.7. The van der Waals surface area contributed by atoms with Crippen LogP contribution in [-0.2, 0) is 11.2 Å². The predicted molar refractivity (Wildman–Crippen MR) is 68.1 cm³/mol. The van der Waals surface area contributed by atoms with E-state index in [1.165, 1.54) is 31.2 Å². The van der Waals surface area contributed by atoms with Gasteiger partial charge in [-0.25, -0.2) is 0 Å². The molecule has 0 amide bonds. The Morgan fingerprint density at radius 2 is 1.53 bits per heavy atom. The van der Waals surface area contributed by atoms with Crippen molar-refractivity contribution in [1.82, 2.24) is 0 Å². The number of aryl methyl sites for hydroxylation is 1. The van der Waals surface area contributed by atoms with Crippen LogP contribution in [-0.4, -0.2) is 6.79 Å². The Bertz CT molecular complexity index is 194. The van der Waals surface area contributed by atoms with Gasteiger partial charge in [0.15, 0.2) is 0 Å². The summed E-state index contributed by atoms with van der Waals surface area (Å²) < 4.78 is 0. The first-order valence-corrected chi connectivity index (χ1v) is 5.76. The van der Waals surface area contributed by atoms with Crippen molar-refractivity contribution >= 4 is 6.79 Å². The van der Waals surface area contributed by atoms with Crippen LogP contribution >= 0.6 is 0 Å². The maximum absolute atomic E-state index is 8.00. The zero-order valence-corrected chi connectivity index (χ0v) is 10.3. The summed E-state index contributed by atoms with van der Waals surface area (Å²) in [7, 11) is 0. The van der Waals surface area contributed by atoms with Crippen molar-refractivity contribution < 1.29 is 4.79 Å². The van der Waals surface area contributed by atoms with Crippen LogP contribution in [0.4, 0.5) is 0 Å². The molecule has 0 bridgehead atoms. The van der Waals surface area contributed by atoms with Crippen molar-refractivity contribution in [3.63, 3.8) is 0 Å². The molecule has 1 rings (SSSR count). The molecular formula is C14H24O. The summed E-state index contributed by atoms with van der Waals surface area (Å²) >= 11 is 0. The van der Waals surface area contributed by atoms with E-state index < -0.39 is 0 Å². The molecular weight excluding hydrogens is 184 g/mol. The van der Waals surface area contributed by atoms with E-state index in [0.717, 1.165) is 0 Å². The number of carbonyl (C=O) groups is 1. The SMILES string of the molecule is C=O.CC.CCCCCc1ccccc1. The molecule has 0 radical (unpaired) electrons. The van der Waals surface area contributed by atoms with Crippen LogP contribution in [0.25, 0.3) is 0 Å². The third kappa shape index (κ3) is 10.8. The first-order chi connectivity index (χ1) is 7.43. The van der Waals surface area contributed by atoms with E-state index >= 15 is 0 Å². The van der Waals surface area contributed by atoms with E-state index in [4.69, 9.17) is 4.79 Å². The van der Waals surface area contributed by atoms with Crippen molar-refractivity contribution in [2.24, 2.45) is 0 Å². The average molecular weight is 208 g/mol. The van der Waals surface area contributed by atoms with Crippen LogP contribution in [0.5, 0.6) is 0 Å². The molecule has 0 aliphatic carbocycles. The van der Waals surface area contributed by atoms with Gasteiger partial charge >= 0.3 is 0 Å². The molecule has 1 heteroatoms. The third-order valence-electron chi connectivity index (χ3n) is 1.91. The molecule has 0 unspecified atom stereocenters. The Morgan fingerprint density at radius 3 is 2.00 bits per heavy atom. The molecule has 0 atom stereocenters. The Morgan fingerprint density at radius 1 is 1.00 bits per heavy atom. The fraction of sp³-hybridized carbons (Fsp3) is 0.500. The lowest BCUT2D eigenvalue weighted by Crippen LogP contribution is -1.83. The Balaban J connectivity index is 0. The third-order valence-corrected chi connectivity index (χ3v) is 1.91. The Hall–Kier alpha value is -1.11. The normalized spacial score (nSPS) is 7.93. The summed E-state index contributed by atoms with van der Waals surface area (Å²) in [5.74, 6) is 0. The van der Waals surface area contributed by atoms with Crippen LogP contribution in [0.15, 0.2) is 30.3 Å². The van der Waals surface area contributed by atoms with Gasteiger partial charge in [0.05, 0.1) is 0 Å². The molecule has 1 nitrogen and oxygen atoms in total. The summed E-state index contributed by atoms with van der Waals surface area (Å²) in [4.78, 5) is 8.00. The molecule has 0 heterocycles. The maximum atomic E-state index is 8.00. The second-order valence-electron chi connectivity index (χ2n) is 2.94. The highest BCUT2D eigenvalue weighted by Gasteiger charge is 1.89. The average Bonchev–Trinajstić information content (AvgIpc) is 2.36. The van der Waals surface area contributed by atoms with Crippen LogP contribution in [0.3, 0.4) is 0 Å². The summed E-state index contributed by atoms with van der Waals surface area (Å²) in [5, 5.41) is 0. The number of unbranched alkanes of at least 4 members (excludes halogenated alkanes) is 2. The van der Waals surface area contributed by atoms with Crippen LogP contribution in [0.1, 0.15) is 45.6 Å². The van der Waals surface area contributed by atoms with Crippen LogP contribution in [0.2, 0.25) is 0 Å². The molecule has 0 saturated carbocycles. The van der Waals surface area contributed by atoms with Crippen LogP contribution in [0, 0.1) is 0 Å². The first kappa shape index (κ1) is 16.3. The monoisotopic (exact) mass is 208 g/mol.